The smallest absolute Gasteiger partial charge is 0.253 e. The van der Waals surface area contributed by atoms with Gasteiger partial charge in [-0.05, 0) is 25.5 Å². The van der Waals surface area contributed by atoms with Crippen LogP contribution in [-0.2, 0) is 6.42 Å². The van der Waals surface area contributed by atoms with Crippen molar-refractivity contribution in [2.75, 3.05) is 6.54 Å². The van der Waals surface area contributed by atoms with Gasteiger partial charge < -0.3 is 14.8 Å². The Kier molecular flexibility index (Phi) is 3.43. The molecule has 3 heterocycles. The van der Waals surface area contributed by atoms with Crippen molar-refractivity contribution < 1.29 is 9.32 Å². The Morgan fingerprint density at radius 2 is 2.29 bits per heavy atom. The van der Waals surface area contributed by atoms with Gasteiger partial charge in [-0.25, -0.2) is 4.98 Å². The summed E-state index contributed by atoms with van der Waals surface area (Å²) in [6.45, 7) is 4.29. The lowest BCUT2D eigenvalue weighted by Crippen LogP contribution is -2.26. The molecule has 0 aromatic carbocycles. The van der Waals surface area contributed by atoms with Crippen molar-refractivity contribution >= 4 is 16.9 Å². The summed E-state index contributed by atoms with van der Waals surface area (Å²) >= 11 is 0. The van der Waals surface area contributed by atoms with E-state index < -0.39 is 0 Å². The highest BCUT2D eigenvalue weighted by atomic mass is 16.5. The minimum atomic E-state index is -0.126. The molecule has 0 fully saturated rings. The van der Waals surface area contributed by atoms with E-state index in [2.05, 4.69) is 20.4 Å². The maximum absolute atomic E-state index is 12.2. The number of H-pyrrole nitrogens is 1. The molecule has 108 valence electrons. The topological polar surface area (TPSA) is 83.8 Å². The highest BCUT2D eigenvalue weighted by Gasteiger charge is 2.12. The summed E-state index contributed by atoms with van der Waals surface area (Å²) in [6, 6.07) is 3.79. The molecule has 0 aliphatic carbocycles. The summed E-state index contributed by atoms with van der Waals surface area (Å²) in [4.78, 5) is 19.5. The SMILES string of the molecule is Cc1cc(CCNC(=O)c2cnc3[nH]ccc3c2C)on1. The highest BCUT2D eigenvalue weighted by molar-refractivity contribution is 5.99. The quantitative estimate of drug-likeness (QED) is 0.768. The van der Waals surface area contributed by atoms with E-state index in [1.807, 2.05) is 32.2 Å². The Morgan fingerprint density at radius 1 is 1.43 bits per heavy atom. The van der Waals surface area contributed by atoms with E-state index in [1.54, 1.807) is 6.20 Å². The van der Waals surface area contributed by atoms with Gasteiger partial charge in [0, 0.05) is 36.8 Å². The second-order valence-corrected chi connectivity index (χ2v) is 4.98. The zero-order valence-corrected chi connectivity index (χ0v) is 11.9. The van der Waals surface area contributed by atoms with Crippen molar-refractivity contribution in [1.82, 2.24) is 20.4 Å². The number of aromatic amines is 1. The number of carbonyl (C=O) groups is 1. The van der Waals surface area contributed by atoms with E-state index in [9.17, 15) is 4.79 Å². The van der Waals surface area contributed by atoms with Crippen molar-refractivity contribution in [3.05, 3.63) is 47.1 Å². The van der Waals surface area contributed by atoms with Crippen LogP contribution in [0.1, 0.15) is 27.4 Å². The average molecular weight is 284 g/mol. The average Bonchev–Trinajstić information content (AvgIpc) is 3.08. The second-order valence-electron chi connectivity index (χ2n) is 4.98. The zero-order chi connectivity index (χ0) is 14.8. The third-order valence-corrected chi connectivity index (χ3v) is 3.43. The van der Waals surface area contributed by atoms with Crippen LogP contribution in [0.15, 0.2) is 29.0 Å². The molecular weight excluding hydrogens is 268 g/mol. The number of amides is 1. The summed E-state index contributed by atoms with van der Waals surface area (Å²) in [5.41, 5.74) is 3.15. The molecule has 0 radical (unpaired) electrons. The van der Waals surface area contributed by atoms with Gasteiger partial charge in [-0.1, -0.05) is 5.16 Å². The molecule has 3 aromatic heterocycles. The third kappa shape index (κ3) is 2.65. The molecule has 3 rings (SSSR count). The molecule has 2 N–H and O–H groups in total. The van der Waals surface area contributed by atoms with Gasteiger partial charge in [0.15, 0.2) is 0 Å². The van der Waals surface area contributed by atoms with Crippen LogP contribution in [-0.4, -0.2) is 27.6 Å². The Labute approximate surface area is 121 Å². The van der Waals surface area contributed by atoms with Gasteiger partial charge in [0.25, 0.3) is 5.91 Å². The normalized spacial score (nSPS) is 11.0. The van der Waals surface area contributed by atoms with Gasteiger partial charge in [0.1, 0.15) is 11.4 Å². The summed E-state index contributed by atoms with van der Waals surface area (Å²) < 4.78 is 5.10. The van der Waals surface area contributed by atoms with Crippen LogP contribution in [0.5, 0.6) is 0 Å². The lowest BCUT2D eigenvalue weighted by Gasteiger charge is -2.07. The first-order chi connectivity index (χ1) is 10.1. The number of fused-ring (bicyclic) bond motifs is 1. The molecule has 0 aliphatic rings. The molecule has 0 saturated carbocycles. The predicted octanol–water partition coefficient (Wildman–Crippen LogP) is 2.14. The van der Waals surface area contributed by atoms with E-state index >= 15 is 0 Å². The standard InChI is InChI=1S/C15H16N4O2/c1-9-7-11(21-19-9)3-5-17-15(20)13-8-18-14-12(10(13)2)4-6-16-14/h4,6-8H,3,5H2,1-2H3,(H,16,18)(H,17,20). The Hall–Kier alpha value is -2.63. The van der Waals surface area contributed by atoms with Crippen LogP contribution < -0.4 is 5.32 Å². The van der Waals surface area contributed by atoms with Gasteiger partial charge in [-0.2, -0.15) is 0 Å². The molecule has 0 unspecified atom stereocenters. The van der Waals surface area contributed by atoms with Crippen molar-refractivity contribution in [1.29, 1.82) is 0 Å². The summed E-state index contributed by atoms with van der Waals surface area (Å²) in [6.07, 6.45) is 4.03. The lowest BCUT2D eigenvalue weighted by molar-refractivity contribution is 0.0952. The maximum Gasteiger partial charge on any atom is 0.253 e. The molecule has 1 amide bonds. The first kappa shape index (κ1) is 13.4. The third-order valence-electron chi connectivity index (χ3n) is 3.43. The fraction of sp³-hybridized carbons (Fsp3) is 0.267. The number of carbonyl (C=O) groups excluding carboxylic acids is 1. The molecular formula is C15H16N4O2. The molecule has 21 heavy (non-hydrogen) atoms. The van der Waals surface area contributed by atoms with Gasteiger partial charge in [-0.15, -0.1) is 0 Å². The van der Waals surface area contributed by atoms with Crippen molar-refractivity contribution in [2.24, 2.45) is 0 Å². The number of hydrogen-bond acceptors (Lipinski definition) is 4. The fourth-order valence-corrected chi connectivity index (χ4v) is 2.30. The fourth-order valence-electron chi connectivity index (χ4n) is 2.30. The minimum Gasteiger partial charge on any atom is -0.361 e. The Bertz CT molecular complexity index is 788. The number of hydrogen-bond donors (Lipinski definition) is 2. The van der Waals surface area contributed by atoms with Crippen LogP contribution in [0, 0.1) is 13.8 Å². The van der Waals surface area contributed by atoms with Crippen LogP contribution in [0.4, 0.5) is 0 Å². The number of pyridine rings is 1. The number of aryl methyl sites for hydroxylation is 2. The molecule has 0 saturated heterocycles. The van der Waals surface area contributed by atoms with E-state index in [-0.39, 0.29) is 5.91 Å². The molecule has 0 aliphatic heterocycles. The second kappa shape index (κ2) is 5.40. The van der Waals surface area contributed by atoms with Gasteiger partial charge in [0.2, 0.25) is 0 Å². The van der Waals surface area contributed by atoms with E-state index in [0.717, 1.165) is 28.1 Å². The maximum atomic E-state index is 12.2. The minimum absolute atomic E-state index is 0.126. The molecule has 6 nitrogen and oxygen atoms in total. The van der Waals surface area contributed by atoms with Crippen LogP contribution in [0.3, 0.4) is 0 Å². The summed E-state index contributed by atoms with van der Waals surface area (Å²) in [7, 11) is 0. The zero-order valence-electron chi connectivity index (χ0n) is 11.9. The first-order valence-corrected chi connectivity index (χ1v) is 6.78. The molecule has 6 heteroatoms. The van der Waals surface area contributed by atoms with E-state index in [4.69, 9.17) is 4.52 Å². The van der Waals surface area contributed by atoms with Crippen LogP contribution in [0.2, 0.25) is 0 Å². The lowest BCUT2D eigenvalue weighted by atomic mass is 10.1. The summed E-state index contributed by atoms with van der Waals surface area (Å²) in [5.74, 6) is 0.642. The highest BCUT2D eigenvalue weighted by Crippen LogP contribution is 2.18. The van der Waals surface area contributed by atoms with Crippen molar-refractivity contribution in [3.63, 3.8) is 0 Å². The molecule has 0 atom stereocenters. The van der Waals surface area contributed by atoms with Gasteiger partial charge in [-0.3, -0.25) is 4.79 Å². The molecule has 0 bridgehead atoms. The Morgan fingerprint density at radius 3 is 3.05 bits per heavy atom. The van der Waals surface area contributed by atoms with Crippen LogP contribution in [0.25, 0.3) is 11.0 Å². The van der Waals surface area contributed by atoms with Crippen molar-refractivity contribution in [3.8, 4) is 0 Å². The molecule has 0 spiro atoms. The van der Waals surface area contributed by atoms with Crippen LogP contribution >= 0.6 is 0 Å². The first-order valence-electron chi connectivity index (χ1n) is 6.78. The number of aromatic nitrogens is 3. The van der Waals surface area contributed by atoms with Gasteiger partial charge in [0.05, 0.1) is 11.3 Å². The number of rotatable bonds is 4. The van der Waals surface area contributed by atoms with Crippen molar-refractivity contribution in [2.45, 2.75) is 20.3 Å². The number of nitrogens with one attached hydrogen (secondary N) is 2. The van der Waals surface area contributed by atoms with E-state index in [1.165, 1.54) is 0 Å². The predicted molar refractivity (Wildman–Crippen MR) is 78.1 cm³/mol. The molecule has 3 aromatic rings. The monoisotopic (exact) mass is 284 g/mol. The number of nitrogens with zero attached hydrogens (tertiary/aromatic N) is 2. The Balaban J connectivity index is 1.67. The summed E-state index contributed by atoms with van der Waals surface area (Å²) in [5, 5.41) is 7.66. The van der Waals surface area contributed by atoms with Gasteiger partial charge >= 0.3 is 0 Å². The van der Waals surface area contributed by atoms with E-state index in [0.29, 0.717) is 18.5 Å². The largest absolute Gasteiger partial charge is 0.361 e.